The second kappa shape index (κ2) is 3.29. The van der Waals surface area contributed by atoms with E-state index in [1.54, 1.807) is 0 Å². The van der Waals surface area contributed by atoms with E-state index in [1.807, 2.05) is 25.2 Å². The van der Waals surface area contributed by atoms with Crippen LogP contribution in [0.2, 0.25) is 0 Å². The topological polar surface area (TPSA) is 46.4 Å². The van der Waals surface area contributed by atoms with Crippen molar-refractivity contribution in [2.24, 2.45) is 0 Å². The number of hydrogen-bond donors (Lipinski definition) is 0. The maximum Gasteiger partial charge on any atom is 0.228 e. The molecule has 74 valence electrons. The van der Waals surface area contributed by atoms with Gasteiger partial charge >= 0.3 is 0 Å². The summed E-state index contributed by atoms with van der Waals surface area (Å²) < 4.78 is 0. The third-order valence-corrected chi connectivity index (χ3v) is 2.58. The fraction of sp³-hybridized carbons (Fsp3) is 0.400. The zero-order valence-corrected chi connectivity index (χ0v) is 8.06. The quantitative estimate of drug-likeness (QED) is 0.526. The molecule has 0 N–H and O–H groups in total. The molecule has 1 aromatic carbocycles. The lowest BCUT2D eigenvalue weighted by Crippen LogP contribution is -2.12. The van der Waals surface area contributed by atoms with E-state index in [9.17, 15) is 10.1 Å². The monoisotopic (exact) mass is 192 g/mol. The van der Waals surface area contributed by atoms with Gasteiger partial charge in [0.05, 0.1) is 0 Å². The minimum Gasteiger partial charge on any atom is -0.374 e. The number of likely N-dealkylation sites (N-methyl/N-ethyl adjacent to an activating group) is 1. The van der Waals surface area contributed by atoms with Crippen molar-refractivity contribution in [3.8, 4) is 0 Å². The van der Waals surface area contributed by atoms with Crippen LogP contribution in [0.1, 0.15) is 11.1 Å². The summed E-state index contributed by atoms with van der Waals surface area (Å²) in [7, 11) is 2.04. The van der Waals surface area contributed by atoms with E-state index >= 15 is 0 Å². The molecule has 0 atom stereocenters. The van der Waals surface area contributed by atoms with Crippen molar-refractivity contribution in [1.29, 1.82) is 0 Å². The smallest absolute Gasteiger partial charge is 0.228 e. The van der Waals surface area contributed by atoms with Crippen molar-refractivity contribution in [2.75, 3.05) is 18.5 Å². The molecule has 0 spiro atoms. The molecular weight excluding hydrogens is 180 g/mol. The second-order valence-corrected chi connectivity index (χ2v) is 3.63. The first-order valence-electron chi connectivity index (χ1n) is 4.61. The molecule has 0 amide bonds. The highest BCUT2D eigenvalue weighted by Crippen LogP contribution is 2.27. The van der Waals surface area contributed by atoms with Crippen molar-refractivity contribution in [3.63, 3.8) is 0 Å². The third-order valence-electron chi connectivity index (χ3n) is 2.58. The Morgan fingerprint density at radius 1 is 1.57 bits per heavy atom. The zero-order chi connectivity index (χ0) is 10.1. The van der Waals surface area contributed by atoms with E-state index in [-0.39, 0.29) is 11.5 Å². The summed E-state index contributed by atoms with van der Waals surface area (Å²) in [5, 5.41) is 10.3. The van der Waals surface area contributed by atoms with Gasteiger partial charge in [-0.15, -0.1) is 0 Å². The first kappa shape index (κ1) is 8.99. The largest absolute Gasteiger partial charge is 0.374 e. The molecule has 1 heterocycles. The van der Waals surface area contributed by atoms with Gasteiger partial charge in [-0.1, -0.05) is 6.07 Å². The van der Waals surface area contributed by atoms with Crippen LogP contribution in [0.15, 0.2) is 18.2 Å². The molecule has 0 saturated carbocycles. The van der Waals surface area contributed by atoms with Crippen molar-refractivity contribution in [2.45, 2.75) is 13.0 Å². The van der Waals surface area contributed by atoms with E-state index in [0.717, 1.165) is 18.5 Å². The molecule has 0 fully saturated rings. The minimum absolute atomic E-state index is 0.0724. The predicted octanol–water partition coefficient (Wildman–Crippen LogP) is 1.46. The average molecular weight is 192 g/mol. The number of rotatable bonds is 2. The number of anilines is 1. The second-order valence-electron chi connectivity index (χ2n) is 3.63. The van der Waals surface area contributed by atoms with E-state index in [4.69, 9.17) is 0 Å². The van der Waals surface area contributed by atoms with E-state index in [2.05, 4.69) is 4.90 Å². The number of nitrogens with zero attached hydrogens (tertiary/aromatic N) is 2. The Hall–Kier alpha value is -1.58. The fourth-order valence-electron chi connectivity index (χ4n) is 1.87. The van der Waals surface area contributed by atoms with Crippen molar-refractivity contribution >= 4 is 5.69 Å². The summed E-state index contributed by atoms with van der Waals surface area (Å²) in [5.74, 6) is 0. The van der Waals surface area contributed by atoms with Crippen molar-refractivity contribution in [3.05, 3.63) is 39.4 Å². The van der Waals surface area contributed by atoms with Crippen LogP contribution in [0.3, 0.4) is 0 Å². The first-order valence-corrected chi connectivity index (χ1v) is 4.61. The minimum atomic E-state index is -0.291. The Balaban J connectivity index is 2.28. The summed E-state index contributed by atoms with van der Waals surface area (Å²) in [5.41, 5.74) is 3.23. The van der Waals surface area contributed by atoms with E-state index in [1.165, 1.54) is 11.3 Å². The molecule has 4 heteroatoms. The fourth-order valence-corrected chi connectivity index (χ4v) is 1.87. The lowest BCUT2D eigenvalue weighted by molar-refractivity contribution is -0.496. The molecule has 0 bridgehead atoms. The van der Waals surface area contributed by atoms with Gasteiger partial charge in [-0.2, -0.15) is 0 Å². The van der Waals surface area contributed by atoms with Crippen LogP contribution in [0, 0.1) is 10.1 Å². The Morgan fingerprint density at radius 3 is 3.07 bits per heavy atom. The molecule has 2 rings (SSSR count). The number of fused-ring (bicyclic) bond motifs is 1. The zero-order valence-electron chi connectivity index (χ0n) is 8.06. The summed E-state index contributed by atoms with van der Waals surface area (Å²) >= 11 is 0. The Labute approximate surface area is 82.3 Å². The highest BCUT2D eigenvalue weighted by Gasteiger charge is 2.16. The average Bonchev–Trinajstić information content (AvgIpc) is 2.46. The van der Waals surface area contributed by atoms with Gasteiger partial charge in [0.15, 0.2) is 0 Å². The van der Waals surface area contributed by atoms with Crippen molar-refractivity contribution in [1.82, 2.24) is 0 Å². The molecule has 4 nitrogen and oxygen atoms in total. The lowest BCUT2D eigenvalue weighted by atomic mass is 10.1. The molecule has 1 aliphatic heterocycles. The first-order chi connectivity index (χ1) is 6.66. The Bertz CT molecular complexity index is 376. The summed E-state index contributed by atoms with van der Waals surface area (Å²) in [6, 6.07) is 5.76. The maximum atomic E-state index is 10.3. The van der Waals surface area contributed by atoms with Crippen LogP contribution >= 0.6 is 0 Å². The molecule has 1 aliphatic rings. The number of hydrogen-bond acceptors (Lipinski definition) is 3. The van der Waals surface area contributed by atoms with Crippen LogP contribution < -0.4 is 4.90 Å². The standard InChI is InChI=1S/C10H12N2O2/c1-11-5-4-9-6-8(7-12(13)14)2-3-10(9)11/h2-3,6H,4-5,7H2,1H3. The molecule has 0 aromatic heterocycles. The SMILES string of the molecule is CN1CCc2cc(C[N+](=O)[O-])ccc21. The number of benzene rings is 1. The molecule has 0 aliphatic carbocycles. The summed E-state index contributed by atoms with van der Waals surface area (Å²) in [6.45, 7) is 0.939. The van der Waals surface area contributed by atoms with Gasteiger partial charge in [-0.3, -0.25) is 10.1 Å². The van der Waals surface area contributed by atoms with E-state index in [0.29, 0.717) is 0 Å². The van der Waals surface area contributed by atoms with Crippen LogP contribution in [0.4, 0.5) is 5.69 Å². The highest BCUT2D eigenvalue weighted by atomic mass is 16.6. The van der Waals surface area contributed by atoms with Crippen LogP contribution in [0.25, 0.3) is 0 Å². The van der Waals surface area contributed by atoms with Crippen LogP contribution in [-0.2, 0) is 13.0 Å². The molecular formula is C10H12N2O2. The lowest BCUT2D eigenvalue weighted by Gasteiger charge is -2.11. The molecule has 1 aromatic rings. The number of nitro groups is 1. The van der Waals surface area contributed by atoms with Gasteiger partial charge in [-0.25, -0.2) is 0 Å². The molecule has 0 radical (unpaired) electrons. The van der Waals surface area contributed by atoms with Gasteiger partial charge < -0.3 is 4.90 Å². The van der Waals surface area contributed by atoms with Gasteiger partial charge in [0, 0.05) is 29.8 Å². The molecule has 0 unspecified atom stereocenters. The summed E-state index contributed by atoms with van der Waals surface area (Å²) in [6.07, 6.45) is 0.997. The molecule has 0 saturated heterocycles. The third kappa shape index (κ3) is 1.55. The van der Waals surface area contributed by atoms with Gasteiger partial charge in [0.2, 0.25) is 6.54 Å². The van der Waals surface area contributed by atoms with Crippen LogP contribution in [0.5, 0.6) is 0 Å². The normalized spacial score (nSPS) is 14.2. The van der Waals surface area contributed by atoms with Crippen molar-refractivity contribution < 1.29 is 4.92 Å². The summed E-state index contributed by atoms with van der Waals surface area (Å²) in [4.78, 5) is 12.2. The predicted molar refractivity (Wildman–Crippen MR) is 54.1 cm³/mol. The van der Waals surface area contributed by atoms with E-state index < -0.39 is 0 Å². The Kier molecular flexibility index (Phi) is 2.11. The van der Waals surface area contributed by atoms with Gasteiger partial charge in [0.1, 0.15) is 0 Å². The van der Waals surface area contributed by atoms with Crippen LogP contribution in [-0.4, -0.2) is 18.5 Å². The molecule has 14 heavy (non-hydrogen) atoms. The van der Waals surface area contributed by atoms with Gasteiger partial charge in [0.25, 0.3) is 0 Å². The maximum absolute atomic E-state index is 10.3. The highest BCUT2D eigenvalue weighted by molar-refractivity contribution is 5.58. The Morgan fingerprint density at radius 2 is 2.36 bits per heavy atom. The van der Waals surface area contributed by atoms with Gasteiger partial charge in [-0.05, 0) is 24.1 Å².